The van der Waals surface area contributed by atoms with Crippen molar-refractivity contribution in [1.82, 2.24) is 10.2 Å². The summed E-state index contributed by atoms with van der Waals surface area (Å²) in [4.78, 5) is 42.1. The van der Waals surface area contributed by atoms with E-state index in [1.165, 1.54) is 4.90 Å². The number of ether oxygens (including phenoxy) is 1. The van der Waals surface area contributed by atoms with Crippen LogP contribution < -0.4 is 10.6 Å². The SMILES string of the molecule is CNC(=O)[C@@H]1[C@@H]2CCC3(O2)C(C(=O)Nc2ccc4ccccc4c2)N([C@@H](CO)CC(C)C)C(=O)[C@H]13. The smallest absolute Gasteiger partial charge is 0.250 e. The molecule has 8 nitrogen and oxygen atoms in total. The van der Waals surface area contributed by atoms with Crippen LogP contribution >= 0.6 is 0 Å². The van der Waals surface area contributed by atoms with Crippen LogP contribution in [0.3, 0.4) is 0 Å². The molecule has 3 amide bonds. The maximum Gasteiger partial charge on any atom is 0.250 e. The van der Waals surface area contributed by atoms with Crippen molar-refractivity contribution in [2.24, 2.45) is 17.8 Å². The van der Waals surface area contributed by atoms with Gasteiger partial charge in [0.05, 0.1) is 30.6 Å². The number of aliphatic hydroxyl groups excluding tert-OH is 1. The number of hydrogen-bond acceptors (Lipinski definition) is 5. The predicted octanol–water partition coefficient (Wildman–Crippen LogP) is 2.31. The lowest BCUT2D eigenvalue weighted by Crippen LogP contribution is -2.56. The molecule has 6 atom stereocenters. The van der Waals surface area contributed by atoms with E-state index in [1.807, 2.05) is 56.3 Å². The van der Waals surface area contributed by atoms with Gasteiger partial charge < -0.3 is 25.4 Å². The van der Waals surface area contributed by atoms with Crippen molar-refractivity contribution in [3.05, 3.63) is 42.5 Å². The second-order valence-corrected chi connectivity index (χ2v) is 10.4. The summed E-state index contributed by atoms with van der Waals surface area (Å²) in [7, 11) is 1.55. The van der Waals surface area contributed by atoms with Crippen molar-refractivity contribution < 1.29 is 24.2 Å². The number of nitrogens with zero attached hydrogens (tertiary/aromatic N) is 1. The van der Waals surface area contributed by atoms with E-state index in [-0.39, 0.29) is 36.4 Å². The molecule has 3 fully saturated rings. The van der Waals surface area contributed by atoms with E-state index in [0.717, 1.165) is 10.8 Å². The number of benzene rings is 2. The number of carbonyl (C=O) groups is 3. The van der Waals surface area contributed by atoms with Crippen molar-refractivity contribution in [2.75, 3.05) is 19.0 Å². The molecule has 0 radical (unpaired) electrons. The molecule has 35 heavy (non-hydrogen) atoms. The van der Waals surface area contributed by atoms with E-state index in [2.05, 4.69) is 10.6 Å². The zero-order valence-corrected chi connectivity index (χ0v) is 20.4. The number of nitrogens with one attached hydrogen (secondary N) is 2. The number of hydrogen-bond donors (Lipinski definition) is 3. The summed E-state index contributed by atoms with van der Waals surface area (Å²) < 4.78 is 6.40. The lowest BCUT2D eigenvalue weighted by Gasteiger charge is -2.37. The Morgan fingerprint density at radius 1 is 1.17 bits per heavy atom. The molecular weight excluding hydrogens is 446 g/mol. The molecule has 3 heterocycles. The van der Waals surface area contributed by atoms with Crippen LogP contribution in [0.15, 0.2) is 42.5 Å². The van der Waals surface area contributed by atoms with Gasteiger partial charge in [-0.1, -0.05) is 44.2 Å². The Kier molecular flexibility index (Phi) is 6.05. The van der Waals surface area contributed by atoms with Gasteiger partial charge in [0.2, 0.25) is 17.7 Å². The molecule has 1 spiro atoms. The molecule has 2 aromatic carbocycles. The molecule has 2 aromatic rings. The van der Waals surface area contributed by atoms with Gasteiger partial charge in [-0.2, -0.15) is 0 Å². The van der Waals surface area contributed by atoms with Gasteiger partial charge in [0.15, 0.2) is 0 Å². The van der Waals surface area contributed by atoms with E-state index < -0.39 is 29.5 Å². The molecule has 0 saturated carbocycles. The Morgan fingerprint density at radius 2 is 1.91 bits per heavy atom. The van der Waals surface area contributed by atoms with Crippen LogP contribution in [-0.2, 0) is 19.1 Å². The van der Waals surface area contributed by atoms with Crippen LogP contribution in [0.25, 0.3) is 10.8 Å². The molecule has 2 bridgehead atoms. The Hall–Kier alpha value is -2.97. The fourth-order valence-corrected chi connectivity index (χ4v) is 6.55. The van der Waals surface area contributed by atoms with Gasteiger partial charge in [0.1, 0.15) is 11.6 Å². The molecule has 186 valence electrons. The van der Waals surface area contributed by atoms with Gasteiger partial charge in [0, 0.05) is 12.7 Å². The summed E-state index contributed by atoms with van der Waals surface area (Å²) in [6.45, 7) is 3.77. The Balaban J connectivity index is 1.54. The molecule has 0 aliphatic carbocycles. The lowest BCUT2D eigenvalue weighted by atomic mass is 9.70. The lowest BCUT2D eigenvalue weighted by molar-refractivity contribution is -0.144. The Morgan fingerprint density at radius 3 is 2.60 bits per heavy atom. The quantitative estimate of drug-likeness (QED) is 0.565. The third-order valence-corrected chi connectivity index (χ3v) is 7.90. The van der Waals surface area contributed by atoms with Gasteiger partial charge >= 0.3 is 0 Å². The first-order chi connectivity index (χ1) is 16.8. The Bertz CT molecular complexity index is 1170. The zero-order chi connectivity index (χ0) is 24.9. The van der Waals surface area contributed by atoms with Crippen LogP contribution in [0.5, 0.6) is 0 Å². The minimum absolute atomic E-state index is 0.203. The highest BCUT2D eigenvalue weighted by molar-refractivity contribution is 6.04. The van der Waals surface area contributed by atoms with Crippen molar-refractivity contribution in [2.45, 2.75) is 56.9 Å². The number of likely N-dealkylation sites (tertiary alicyclic amines) is 1. The average Bonchev–Trinajstić information content (AvgIpc) is 3.49. The number of anilines is 1. The second kappa shape index (κ2) is 8.91. The van der Waals surface area contributed by atoms with Crippen molar-refractivity contribution in [3.8, 4) is 0 Å². The molecule has 3 N–H and O–H groups in total. The minimum Gasteiger partial charge on any atom is -0.394 e. The largest absolute Gasteiger partial charge is 0.394 e. The third-order valence-electron chi connectivity index (χ3n) is 7.90. The first-order valence-corrected chi connectivity index (χ1v) is 12.4. The molecule has 3 saturated heterocycles. The first-order valence-electron chi connectivity index (χ1n) is 12.4. The van der Waals surface area contributed by atoms with Crippen molar-refractivity contribution in [1.29, 1.82) is 0 Å². The number of aliphatic hydroxyl groups is 1. The topological polar surface area (TPSA) is 108 Å². The fraction of sp³-hybridized carbons (Fsp3) is 0.519. The summed E-state index contributed by atoms with van der Waals surface area (Å²) in [5.41, 5.74) is -0.453. The molecule has 0 aromatic heterocycles. The minimum atomic E-state index is -1.08. The van der Waals surface area contributed by atoms with Gasteiger partial charge in [-0.05, 0) is 48.1 Å². The first kappa shape index (κ1) is 23.8. The maximum atomic E-state index is 13.9. The maximum absolute atomic E-state index is 13.9. The second-order valence-electron chi connectivity index (χ2n) is 10.4. The highest BCUT2D eigenvalue weighted by Crippen LogP contribution is 2.59. The van der Waals surface area contributed by atoms with Gasteiger partial charge in [-0.15, -0.1) is 0 Å². The van der Waals surface area contributed by atoms with Gasteiger partial charge in [0.25, 0.3) is 0 Å². The number of rotatable bonds is 7. The van der Waals surface area contributed by atoms with E-state index in [0.29, 0.717) is 24.9 Å². The normalized spacial score (nSPS) is 30.1. The summed E-state index contributed by atoms with van der Waals surface area (Å²) >= 11 is 0. The molecule has 8 heteroatoms. The van der Waals surface area contributed by atoms with Crippen molar-refractivity contribution >= 4 is 34.2 Å². The highest BCUT2D eigenvalue weighted by atomic mass is 16.5. The van der Waals surface area contributed by atoms with Crippen LogP contribution in [-0.4, -0.2) is 65.2 Å². The summed E-state index contributed by atoms with van der Waals surface area (Å²) in [6.07, 6.45) is 1.29. The molecule has 3 aliphatic rings. The molecule has 2 unspecified atom stereocenters. The van der Waals surface area contributed by atoms with E-state index >= 15 is 0 Å². The number of carbonyl (C=O) groups excluding carboxylic acids is 3. The summed E-state index contributed by atoms with van der Waals surface area (Å²) in [5, 5.41) is 18.0. The average molecular weight is 480 g/mol. The monoisotopic (exact) mass is 479 g/mol. The van der Waals surface area contributed by atoms with Crippen LogP contribution in [0, 0.1) is 17.8 Å². The van der Waals surface area contributed by atoms with Gasteiger partial charge in [-0.25, -0.2) is 0 Å². The van der Waals surface area contributed by atoms with Crippen LogP contribution in [0.1, 0.15) is 33.1 Å². The molecule has 5 rings (SSSR count). The van der Waals surface area contributed by atoms with E-state index in [9.17, 15) is 19.5 Å². The summed E-state index contributed by atoms with van der Waals surface area (Å²) in [5.74, 6) is -2.05. The van der Waals surface area contributed by atoms with Crippen molar-refractivity contribution in [3.63, 3.8) is 0 Å². The van der Waals surface area contributed by atoms with Crippen LogP contribution in [0.2, 0.25) is 0 Å². The third kappa shape index (κ3) is 3.70. The predicted molar refractivity (Wildman–Crippen MR) is 131 cm³/mol. The molecule has 3 aliphatic heterocycles. The van der Waals surface area contributed by atoms with E-state index in [4.69, 9.17) is 4.74 Å². The number of amides is 3. The highest BCUT2D eigenvalue weighted by Gasteiger charge is 2.75. The fourth-order valence-electron chi connectivity index (χ4n) is 6.55. The zero-order valence-electron chi connectivity index (χ0n) is 20.4. The van der Waals surface area contributed by atoms with E-state index in [1.54, 1.807) is 7.05 Å². The standard InChI is InChI=1S/C27H33N3O5/c1-15(2)12-19(14-31)30-23(25(33)29-18-9-8-16-6-4-5-7-17(16)13-18)27-11-10-20(35-27)21(24(32)28-3)22(27)26(30)34/h4-9,13,15,19-23,31H,10-12,14H2,1-3H3,(H,28,32)(H,29,33)/t19-,20+,21-,22+,23?,27?/m1/s1. The molecular formula is C27H33N3O5. The summed E-state index contributed by atoms with van der Waals surface area (Å²) in [6, 6.07) is 12.1. The van der Waals surface area contributed by atoms with Crippen LogP contribution in [0.4, 0.5) is 5.69 Å². The van der Waals surface area contributed by atoms with Gasteiger partial charge in [-0.3, -0.25) is 14.4 Å². The Labute approximate surface area is 205 Å². The number of fused-ring (bicyclic) bond motifs is 2.